The first-order valence-corrected chi connectivity index (χ1v) is 6.51. The second-order valence-electron chi connectivity index (χ2n) is 5.65. The zero-order chi connectivity index (χ0) is 13.2. The van der Waals surface area contributed by atoms with Crippen LogP contribution in [0, 0.1) is 16.0 Å². The first-order valence-electron chi connectivity index (χ1n) is 6.51. The van der Waals surface area contributed by atoms with Gasteiger partial charge in [0.2, 0.25) is 0 Å². The average molecular weight is 248 g/mol. The Morgan fingerprint density at radius 1 is 1.33 bits per heavy atom. The predicted molar refractivity (Wildman–Crippen MR) is 71.4 cm³/mol. The fraction of sp³-hybridized carbons (Fsp3) is 0.571. The van der Waals surface area contributed by atoms with Gasteiger partial charge in [-0.15, -0.1) is 0 Å². The molecule has 0 radical (unpaired) electrons. The minimum absolute atomic E-state index is 0.122. The number of hydrogen-bond acceptors (Lipinski definition) is 3. The maximum absolute atomic E-state index is 10.6. The van der Waals surface area contributed by atoms with Gasteiger partial charge in [0.1, 0.15) is 0 Å². The lowest BCUT2D eigenvalue weighted by Crippen LogP contribution is -2.45. The molecule has 1 aromatic carbocycles. The molecule has 2 N–H and O–H groups in total. The normalized spacial score (nSPS) is 28.0. The lowest BCUT2D eigenvalue weighted by Gasteiger charge is -2.36. The van der Waals surface area contributed by atoms with E-state index in [1.54, 1.807) is 12.1 Å². The molecule has 0 aromatic heterocycles. The van der Waals surface area contributed by atoms with E-state index in [-0.39, 0.29) is 16.1 Å². The van der Waals surface area contributed by atoms with E-state index >= 15 is 0 Å². The van der Waals surface area contributed by atoms with Crippen molar-refractivity contribution in [1.82, 2.24) is 0 Å². The van der Waals surface area contributed by atoms with Gasteiger partial charge in [0.25, 0.3) is 5.69 Å². The highest BCUT2D eigenvalue weighted by Crippen LogP contribution is 2.32. The van der Waals surface area contributed by atoms with E-state index in [0.29, 0.717) is 0 Å². The van der Waals surface area contributed by atoms with Crippen LogP contribution in [-0.4, -0.2) is 10.5 Å². The monoisotopic (exact) mass is 248 g/mol. The van der Waals surface area contributed by atoms with Crippen molar-refractivity contribution in [3.05, 3.63) is 39.9 Å². The molecule has 0 atom stereocenters. The van der Waals surface area contributed by atoms with Crippen LogP contribution < -0.4 is 5.73 Å². The van der Waals surface area contributed by atoms with Gasteiger partial charge in [-0.3, -0.25) is 10.1 Å². The number of benzene rings is 1. The number of nitrogens with zero attached hydrogens (tertiary/aromatic N) is 1. The maximum Gasteiger partial charge on any atom is 0.269 e. The Bertz CT molecular complexity index is 420. The minimum Gasteiger partial charge on any atom is -0.325 e. The van der Waals surface area contributed by atoms with Crippen LogP contribution in [0.2, 0.25) is 0 Å². The highest BCUT2D eigenvalue weighted by molar-refractivity contribution is 5.33. The molecule has 0 amide bonds. The number of nitro benzene ring substituents is 1. The summed E-state index contributed by atoms with van der Waals surface area (Å²) in [5.41, 5.74) is 7.53. The van der Waals surface area contributed by atoms with E-state index < -0.39 is 0 Å². The van der Waals surface area contributed by atoms with Crippen LogP contribution in [-0.2, 0) is 6.42 Å². The fourth-order valence-electron chi connectivity index (χ4n) is 2.66. The number of non-ortho nitro benzene ring substituents is 1. The molecule has 0 unspecified atom stereocenters. The van der Waals surface area contributed by atoms with Crippen molar-refractivity contribution in [2.75, 3.05) is 0 Å². The fourth-order valence-corrected chi connectivity index (χ4v) is 2.66. The predicted octanol–water partition coefficient (Wildman–Crippen LogP) is 3.04. The summed E-state index contributed by atoms with van der Waals surface area (Å²) in [7, 11) is 0. The highest BCUT2D eigenvalue weighted by Gasteiger charge is 2.30. The summed E-state index contributed by atoms with van der Waals surface area (Å²) in [4.78, 5) is 10.2. The Morgan fingerprint density at radius 3 is 2.39 bits per heavy atom. The summed E-state index contributed by atoms with van der Waals surface area (Å²) in [5.74, 6) is 0.776. The molecule has 0 aliphatic heterocycles. The van der Waals surface area contributed by atoms with Gasteiger partial charge in [0, 0.05) is 17.7 Å². The van der Waals surface area contributed by atoms with Crippen LogP contribution in [0.4, 0.5) is 5.69 Å². The van der Waals surface area contributed by atoms with Crippen LogP contribution >= 0.6 is 0 Å². The molecular formula is C14H20N2O2. The van der Waals surface area contributed by atoms with E-state index in [2.05, 4.69) is 6.92 Å². The van der Waals surface area contributed by atoms with Crippen molar-refractivity contribution < 1.29 is 4.92 Å². The summed E-state index contributed by atoms with van der Waals surface area (Å²) in [6.07, 6.45) is 5.28. The van der Waals surface area contributed by atoms with Crippen LogP contribution in [0.1, 0.15) is 38.2 Å². The van der Waals surface area contributed by atoms with Gasteiger partial charge >= 0.3 is 0 Å². The summed E-state index contributed by atoms with van der Waals surface area (Å²) >= 11 is 0. The van der Waals surface area contributed by atoms with Crippen molar-refractivity contribution in [1.29, 1.82) is 0 Å². The molecule has 1 aliphatic rings. The van der Waals surface area contributed by atoms with E-state index in [1.807, 2.05) is 12.1 Å². The molecule has 0 heterocycles. The zero-order valence-electron chi connectivity index (χ0n) is 10.8. The summed E-state index contributed by atoms with van der Waals surface area (Å²) < 4.78 is 0. The van der Waals surface area contributed by atoms with E-state index in [4.69, 9.17) is 5.73 Å². The number of nitrogens with two attached hydrogens (primary N) is 1. The van der Waals surface area contributed by atoms with Crippen molar-refractivity contribution in [2.45, 2.75) is 44.6 Å². The molecule has 1 fully saturated rings. The minimum atomic E-state index is -0.371. The Labute approximate surface area is 107 Å². The number of nitro groups is 1. The quantitative estimate of drug-likeness (QED) is 0.660. The van der Waals surface area contributed by atoms with E-state index in [9.17, 15) is 10.1 Å². The van der Waals surface area contributed by atoms with Crippen molar-refractivity contribution in [3.63, 3.8) is 0 Å². The molecule has 0 bridgehead atoms. The van der Waals surface area contributed by atoms with Gasteiger partial charge in [-0.05, 0) is 43.6 Å². The highest BCUT2D eigenvalue weighted by atomic mass is 16.6. The molecule has 0 saturated heterocycles. The molecule has 4 heteroatoms. The molecule has 2 rings (SSSR count). The molecule has 1 aromatic rings. The van der Waals surface area contributed by atoms with E-state index in [1.165, 1.54) is 12.8 Å². The van der Waals surface area contributed by atoms with Gasteiger partial charge in [-0.25, -0.2) is 0 Å². The lowest BCUT2D eigenvalue weighted by atomic mass is 9.75. The van der Waals surface area contributed by atoms with Gasteiger partial charge in [0.05, 0.1) is 4.92 Å². The smallest absolute Gasteiger partial charge is 0.269 e. The molecule has 98 valence electrons. The third-order valence-corrected chi connectivity index (χ3v) is 3.97. The number of hydrogen-bond donors (Lipinski definition) is 1. The molecule has 1 aliphatic carbocycles. The Balaban J connectivity index is 2.02. The Hall–Kier alpha value is -1.42. The van der Waals surface area contributed by atoms with Crippen LogP contribution in [0.15, 0.2) is 24.3 Å². The third-order valence-electron chi connectivity index (χ3n) is 3.97. The standard InChI is InChI=1S/C14H20N2O2/c1-11-6-8-14(15,9-7-11)10-12-2-4-13(5-3-12)16(17)18/h2-5,11H,6-10,15H2,1H3. The second kappa shape index (κ2) is 5.06. The van der Waals surface area contributed by atoms with Gasteiger partial charge in [-0.1, -0.05) is 19.1 Å². The van der Waals surface area contributed by atoms with Crippen molar-refractivity contribution in [2.24, 2.45) is 11.7 Å². The van der Waals surface area contributed by atoms with Gasteiger partial charge < -0.3 is 5.73 Å². The summed E-state index contributed by atoms with van der Waals surface area (Å²) in [6, 6.07) is 6.77. The Kier molecular flexibility index (Phi) is 3.66. The van der Waals surface area contributed by atoms with Crippen LogP contribution in [0.25, 0.3) is 0 Å². The lowest BCUT2D eigenvalue weighted by molar-refractivity contribution is -0.384. The van der Waals surface area contributed by atoms with Crippen LogP contribution in [0.3, 0.4) is 0 Å². The van der Waals surface area contributed by atoms with Crippen LogP contribution in [0.5, 0.6) is 0 Å². The molecule has 1 saturated carbocycles. The number of rotatable bonds is 3. The first kappa shape index (κ1) is 13.0. The first-order chi connectivity index (χ1) is 8.48. The topological polar surface area (TPSA) is 69.2 Å². The SMILES string of the molecule is CC1CCC(N)(Cc2ccc([N+](=O)[O-])cc2)CC1. The molecule has 18 heavy (non-hydrogen) atoms. The summed E-state index contributed by atoms with van der Waals surface area (Å²) in [6.45, 7) is 2.27. The largest absolute Gasteiger partial charge is 0.325 e. The average Bonchev–Trinajstić information content (AvgIpc) is 2.34. The molecule has 0 spiro atoms. The molecule has 4 nitrogen and oxygen atoms in total. The van der Waals surface area contributed by atoms with E-state index in [0.717, 1.165) is 30.7 Å². The third kappa shape index (κ3) is 3.07. The molecular weight excluding hydrogens is 228 g/mol. The Morgan fingerprint density at radius 2 is 1.89 bits per heavy atom. The van der Waals surface area contributed by atoms with Crippen molar-refractivity contribution in [3.8, 4) is 0 Å². The van der Waals surface area contributed by atoms with Gasteiger partial charge in [-0.2, -0.15) is 0 Å². The van der Waals surface area contributed by atoms with Crippen molar-refractivity contribution >= 4 is 5.69 Å². The summed E-state index contributed by atoms with van der Waals surface area (Å²) in [5, 5.41) is 10.6. The maximum atomic E-state index is 10.6. The van der Waals surface area contributed by atoms with Gasteiger partial charge in [0.15, 0.2) is 0 Å². The zero-order valence-corrected chi connectivity index (χ0v) is 10.8. The second-order valence-corrected chi connectivity index (χ2v) is 5.65.